The lowest BCUT2D eigenvalue weighted by atomic mass is 10.2. The zero-order valence-corrected chi connectivity index (χ0v) is 13.2. The van der Waals surface area contributed by atoms with Crippen LogP contribution in [0.5, 0.6) is 0 Å². The second-order valence-electron chi connectivity index (χ2n) is 5.09. The van der Waals surface area contributed by atoms with Gasteiger partial charge in [0.15, 0.2) is 0 Å². The van der Waals surface area contributed by atoms with Crippen LogP contribution in [0.3, 0.4) is 0 Å². The molecule has 0 aliphatic rings. The van der Waals surface area contributed by atoms with E-state index in [4.69, 9.17) is 0 Å². The van der Waals surface area contributed by atoms with E-state index in [-0.39, 0.29) is 5.91 Å². The van der Waals surface area contributed by atoms with Crippen molar-refractivity contribution in [2.75, 3.05) is 10.0 Å². The number of rotatable bonds is 5. The molecule has 2 rings (SSSR count). The van der Waals surface area contributed by atoms with Crippen molar-refractivity contribution in [2.45, 2.75) is 19.1 Å². The van der Waals surface area contributed by atoms with Crippen molar-refractivity contribution in [3.8, 4) is 0 Å². The zero-order valence-electron chi connectivity index (χ0n) is 12.4. The highest BCUT2D eigenvalue weighted by molar-refractivity contribution is 7.93. The Morgan fingerprint density at radius 3 is 2.05 bits per heavy atom. The van der Waals surface area contributed by atoms with Gasteiger partial charge in [-0.3, -0.25) is 9.52 Å². The van der Waals surface area contributed by atoms with Crippen LogP contribution in [0.25, 0.3) is 0 Å². The van der Waals surface area contributed by atoms with Gasteiger partial charge in [-0.15, -0.1) is 0 Å². The van der Waals surface area contributed by atoms with E-state index in [9.17, 15) is 13.2 Å². The van der Waals surface area contributed by atoms with Gasteiger partial charge in [-0.25, -0.2) is 8.42 Å². The van der Waals surface area contributed by atoms with Crippen LogP contribution >= 0.6 is 0 Å². The van der Waals surface area contributed by atoms with E-state index in [0.29, 0.717) is 16.9 Å². The molecule has 116 valence electrons. The van der Waals surface area contributed by atoms with Gasteiger partial charge in [0.1, 0.15) is 0 Å². The Morgan fingerprint density at radius 2 is 1.50 bits per heavy atom. The summed E-state index contributed by atoms with van der Waals surface area (Å²) in [6.45, 7) is 3.20. The number of amides is 1. The average Bonchev–Trinajstić information content (AvgIpc) is 2.48. The molecule has 0 unspecified atom stereocenters. The van der Waals surface area contributed by atoms with Crippen molar-refractivity contribution in [3.63, 3.8) is 0 Å². The maximum absolute atomic E-state index is 12.1. The van der Waals surface area contributed by atoms with Crippen LogP contribution in [0.2, 0.25) is 0 Å². The van der Waals surface area contributed by atoms with E-state index in [1.807, 2.05) is 18.2 Å². The second-order valence-corrected chi connectivity index (χ2v) is 7.33. The molecular weight excluding hydrogens is 300 g/mol. The molecule has 5 nitrogen and oxygen atoms in total. The lowest BCUT2D eigenvalue weighted by molar-refractivity contribution is 0.102. The number of benzene rings is 2. The van der Waals surface area contributed by atoms with Crippen LogP contribution in [0, 0.1) is 0 Å². The van der Waals surface area contributed by atoms with E-state index >= 15 is 0 Å². The lowest BCUT2D eigenvalue weighted by Crippen LogP contribution is -2.22. The predicted molar refractivity (Wildman–Crippen MR) is 88.5 cm³/mol. The third-order valence-electron chi connectivity index (χ3n) is 3.06. The standard InChI is InChI=1S/C16H18N2O3S/c1-12(2)22(20,21)18-15-10-8-13(9-11-15)16(19)17-14-6-4-3-5-7-14/h3-12,18H,1-2H3,(H,17,19). The summed E-state index contributed by atoms with van der Waals surface area (Å²) in [5.41, 5.74) is 1.60. The van der Waals surface area contributed by atoms with Crippen molar-refractivity contribution in [2.24, 2.45) is 0 Å². The topological polar surface area (TPSA) is 75.3 Å². The molecule has 0 heterocycles. The molecule has 2 aromatic rings. The first-order valence-electron chi connectivity index (χ1n) is 6.86. The lowest BCUT2D eigenvalue weighted by Gasteiger charge is -2.11. The largest absolute Gasteiger partial charge is 0.322 e. The first-order chi connectivity index (χ1) is 10.4. The maximum Gasteiger partial charge on any atom is 0.255 e. The van der Waals surface area contributed by atoms with Crippen molar-refractivity contribution in [1.29, 1.82) is 0 Å². The molecule has 2 aromatic carbocycles. The summed E-state index contributed by atoms with van der Waals surface area (Å²) in [5.74, 6) is -0.246. The Morgan fingerprint density at radius 1 is 0.909 bits per heavy atom. The predicted octanol–water partition coefficient (Wildman–Crippen LogP) is 3.09. The Bertz CT molecular complexity index is 739. The van der Waals surface area contributed by atoms with Crippen molar-refractivity contribution >= 4 is 27.3 Å². The van der Waals surface area contributed by atoms with E-state index in [2.05, 4.69) is 10.0 Å². The molecular formula is C16H18N2O3S. The van der Waals surface area contributed by atoms with Crippen LogP contribution in [-0.2, 0) is 10.0 Å². The van der Waals surface area contributed by atoms with Crippen LogP contribution in [0.4, 0.5) is 11.4 Å². The minimum atomic E-state index is -3.38. The summed E-state index contributed by atoms with van der Waals surface area (Å²) >= 11 is 0. The highest BCUT2D eigenvalue weighted by Gasteiger charge is 2.15. The molecule has 22 heavy (non-hydrogen) atoms. The van der Waals surface area contributed by atoms with Gasteiger partial charge < -0.3 is 5.32 Å². The minimum Gasteiger partial charge on any atom is -0.322 e. The van der Waals surface area contributed by atoms with Gasteiger partial charge >= 0.3 is 0 Å². The summed E-state index contributed by atoms with van der Waals surface area (Å²) in [6, 6.07) is 15.4. The molecule has 0 bridgehead atoms. The molecule has 0 aliphatic carbocycles. The fraction of sp³-hybridized carbons (Fsp3) is 0.188. The van der Waals surface area contributed by atoms with E-state index < -0.39 is 15.3 Å². The highest BCUT2D eigenvalue weighted by Crippen LogP contribution is 2.15. The molecule has 1 amide bonds. The quantitative estimate of drug-likeness (QED) is 0.889. The first kappa shape index (κ1) is 16.0. The van der Waals surface area contributed by atoms with Gasteiger partial charge in [0.25, 0.3) is 5.91 Å². The second kappa shape index (κ2) is 6.62. The molecule has 0 aromatic heterocycles. The van der Waals surface area contributed by atoms with Gasteiger partial charge in [-0.05, 0) is 50.2 Å². The average molecular weight is 318 g/mol. The van der Waals surface area contributed by atoms with Crippen molar-refractivity contribution in [3.05, 3.63) is 60.2 Å². The van der Waals surface area contributed by atoms with Gasteiger partial charge in [0.05, 0.1) is 5.25 Å². The molecule has 0 aliphatic heterocycles. The van der Waals surface area contributed by atoms with E-state index in [1.54, 1.807) is 50.2 Å². The maximum atomic E-state index is 12.1. The van der Waals surface area contributed by atoms with Crippen LogP contribution in [0.1, 0.15) is 24.2 Å². The van der Waals surface area contributed by atoms with Gasteiger partial charge in [0.2, 0.25) is 10.0 Å². The number of para-hydroxylation sites is 1. The minimum absolute atomic E-state index is 0.246. The monoisotopic (exact) mass is 318 g/mol. The smallest absolute Gasteiger partial charge is 0.255 e. The van der Waals surface area contributed by atoms with Gasteiger partial charge in [-0.1, -0.05) is 18.2 Å². The zero-order chi connectivity index (χ0) is 16.2. The fourth-order valence-electron chi connectivity index (χ4n) is 1.70. The number of nitrogens with one attached hydrogen (secondary N) is 2. The number of sulfonamides is 1. The van der Waals surface area contributed by atoms with Crippen LogP contribution in [0.15, 0.2) is 54.6 Å². The summed E-state index contributed by atoms with van der Waals surface area (Å²) in [4.78, 5) is 12.1. The molecule has 0 spiro atoms. The Labute approximate surface area is 130 Å². The third-order valence-corrected chi connectivity index (χ3v) is 4.82. The third kappa shape index (κ3) is 4.08. The Balaban J connectivity index is 2.07. The molecule has 0 atom stereocenters. The molecule has 0 saturated carbocycles. The SMILES string of the molecule is CC(C)S(=O)(=O)Nc1ccc(C(=O)Nc2ccccc2)cc1. The fourth-order valence-corrected chi connectivity index (χ4v) is 2.40. The van der Waals surface area contributed by atoms with Gasteiger partial charge in [0, 0.05) is 16.9 Å². The van der Waals surface area contributed by atoms with Crippen molar-refractivity contribution in [1.82, 2.24) is 0 Å². The molecule has 0 radical (unpaired) electrons. The molecule has 2 N–H and O–H groups in total. The van der Waals surface area contributed by atoms with Gasteiger partial charge in [-0.2, -0.15) is 0 Å². The Hall–Kier alpha value is -2.34. The molecule has 6 heteroatoms. The van der Waals surface area contributed by atoms with E-state index in [1.165, 1.54) is 0 Å². The number of hydrogen-bond acceptors (Lipinski definition) is 3. The van der Waals surface area contributed by atoms with E-state index in [0.717, 1.165) is 0 Å². The normalized spacial score (nSPS) is 11.2. The van der Waals surface area contributed by atoms with Crippen molar-refractivity contribution < 1.29 is 13.2 Å². The van der Waals surface area contributed by atoms with Crippen LogP contribution < -0.4 is 10.0 Å². The first-order valence-corrected chi connectivity index (χ1v) is 8.41. The number of carbonyl (C=O) groups excluding carboxylic acids is 1. The summed E-state index contributed by atoms with van der Waals surface area (Å²) in [7, 11) is -3.38. The molecule has 0 fully saturated rings. The Kier molecular flexibility index (Phi) is 4.82. The number of anilines is 2. The molecule has 0 saturated heterocycles. The number of hydrogen-bond donors (Lipinski definition) is 2. The summed E-state index contributed by atoms with van der Waals surface area (Å²) < 4.78 is 26.0. The summed E-state index contributed by atoms with van der Waals surface area (Å²) in [5, 5.41) is 2.25. The highest BCUT2D eigenvalue weighted by atomic mass is 32.2. The summed E-state index contributed by atoms with van der Waals surface area (Å²) in [6.07, 6.45) is 0. The number of carbonyl (C=O) groups is 1. The van der Waals surface area contributed by atoms with Crippen LogP contribution in [-0.4, -0.2) is 19.6 Å².